The molecule has 1 amide bonds. The van der Waals surface area contributed by atoms with Crippen LogP contribution in [0.25, 0.3) is 0 Å². The van der Waals surface area contributed by atoms with Gasteiger partial charge in [-0.25, -0.2) is 0 Å². The van der Waals surface area contributed by atoms with E-state index in [2.05, 4.69) is 15.5 Å². The van der Waals surface area contributed by atoms with Gasteiger partial charge in [-0.05, 0) is 18.1 Å². The Kier molecular flexibility index (Phi) is 5.39. The minimum Gasteiger partial charge on any atom is -0.481 e. The molecule has 128 valence electrons. The molecule has 1 heterocycles. The molecule has 1 aromatic heterocycles. The van der Waals surface area contributed by atoms with Gasteiger partial charge in [-0.3, -0.25) is 14.7 Å². The lowest BCUT2D eigenvalue weighted by Crippen LogP contribution is -2.29. The van der Waals surface area contributed by atoms with Crippen LogP contribution in [0.15, 0.2) is 36.4 Å². The van der Waals surface area contributed by atoms with Gasteiger partial charge in [-0.15, -0.1) is 0 Å². The summed E-state index contributed by atoms with van der Waals surface area (Å²) in [6, 6.07) is 10.7. The molecular formula is C18H23N3O3. The van der Waals surface area contributed by atoms with Crippen LogP contribution in [0.3, 0.4) is 0 Å². The van der Waals surface area contributed by atoms with Crippen molar-refractivity contribution in [3.63, 3.8) is 0 Å². The first kappa shape index (κ1) is 17.7. The van der Waals surface area contributed by atoms with Crippen molar-refractivity contribution in [2.24, 2.45) is 0 Å². The fourth-order valence-corrected chi connectivity index (χ4v) is 2.33. The first-order valence-corrected chi connectivity index (χ1v) is 7.91. The lowest BCUT2D eigenvalue weighted by molar-refractivity contribution is -0.137. The van der Waals surface area contributed by atoms with Crippen LogP contribution in [0, 0.1) is 0 Å². The molecule has 0 radical (unpaired) electrons. The molecule has 0 spiro atoms. The molecule has 3 N–H and O–H groups in total. The van der Waals surface area contributed by atoms with Crippen molar-refractivity contribution >= 4 is 11.9 Å². The number of carboxylic acid groups (broad SMARTS) is 1. The van der Waals surface area contributed by atoms with Crippen molar-refractivity contribution in [3.8, 4) is 0 Å². The summed E-state index contributed by atoms with van der Waals surface area (Å²) < 4.78 is 0. The van der Waals surface area contributed by atoms with Gasteiger partial charge in [0.25, 0.3) is 5.91 Å². The van der Waals surface area contributed by atoms with Crippen LogP contribution in [0.2, 0.25) is 0 Å². The Morgan fingerprint density at radius 2 is 1.92 bits per heavy atom. The van der Waals surface area contributed by atoms with E-state index in [1.54, 1.807) is 6.07 Å². The first-order chi connectivity index (χ1) is 11.3. The third-order valence-electron chi connectivity index (χ3n) is 3.77. The lowest BCUT2D eigenvalue weighted by atomic mass is 9.92. The van der Waals surface area contributed by atoms with Gasteiger partial charge in [0.1, 0.15) is 5.69 Å². The Balaban J connectivity index is 2.15. The topological polar surface area (TPSA) is 95.1 Å². The van der Waals surface area contributed by atoms with E-state index in [-0.39, 0.29) is 23.8 Å². The van der Waals surface area contributed by atoms with E-state index in [9.17, 15) is 9.59 Å². The van der Waals surface area contributed by atoms with Gasteiger partial charge < -0.3 is 10.4 Å². The van der Waals surface area contributed by atoms with E-state index in [0.29, 0.717) is 12.1 Å². The van der Waals surface area contributed by atoms with Crippen LogP contribution in [-0.2, 0) is 10.2 Å². The molecule has 0 aliphatic heterocycles. The molecule has 6 heteroatoms. The van der Waals surface area contributed by atoms with Crippen molar-refractivity contribution in [2.45, 2.75) is 45.1 Å². The Morgan fingerprint density at radius 3 is 2.46 bits per heavy atom. The number of amides is 1. The second-order valence-electron chi connectivity index (χ2n) is 6.79. The largest absolute Gasteiger partial charge is 0.481 e. The zero-order valence-electron chi connectivity index (χ0n) is 14.2. The Morgan fingerprint density at radius 1 is 1.25 bits per heavy atom. The third kappa shape index (κ3) is 4.68. The van der Waals surface area contributed by atoms with Crippen LogP contribution in [-0.4, -0.2) is 27.2 Å². The molecule has 0 bridgehead atoms. The summed E-state index contributed by atoms with van der Waals surface area (Å²) >= 11 is 0. The molecule has 0 aliphatic carbocycles. The third-order valence-corrected chi connectivity index (χ3v) is 3.77. The highest BCUT2D eigenvalue weighted by atomic mass is 16.4. The molecule has 2 aromatic rings. The summed E-state index contributed by atoms with van der Waals surface area (Å²) in [5.74, 6) is -1.21. The summed E-state index contributed by atoms with van der Waals surface area (Å²) in [4.78, 5) is 23.3. The second-order valence-corrected chi connectivity index (χ2v) is 6.79. The van der Waals surface area contributed by atoms with E-state index in [0.717, 1.165) is 11.3 Å². The van der Waals surface area contributed by atoms with Gasteiger partial charge in [0.2, 0.25) is 0 Å². The van der Waals surface area contributed by atoms with Crippen LogP contribution in [0.5, 0.6) is 0 Å². The summed E-state index contributed by atoms with van der Waals surface area (Å²) in [6.07, 6.45) is 0.301. The SMILES string of the molecule is CC(C)(C)c1cc(C(=O)NC(CCC(=O)O)c2ccccc2)n[nH]1. The minimum atomic E-state index is -0.889. The molecular weight excluding hydrogens is 306 g/mol. The molecule has 0 saturated heterocycles. The van der Waals surface area contributed by atoms with Gasteiger partial charge >= 0.3 is 5.97 Å². The van der Waals surface area contributed by atoms with Crippen LogP contribution in [0.4, 0.5) is 0 Å². The Bertz CT molecular complexity index is 702. The highest BCUT2D eigenvalue weighted by Gasteiger charge is 2.22. The lowest BCUT2D eigenvalue weighted by Gasteiger charge is -2.18. The number of aromatic nitrogens is 2. The molecule has 0 saturated carbocycles. The normalized spacial score (nSPS) is 12.6. The quantitative estimate of drug-likeness (QED) is 0.759. The molecule has 1 aromatic carbocycles. The van der Waals surface area contributed by atoms with Crippen molar-refractivity contribution in [1.82, 2.24) is 15.5 Å². The Labute approximate surface area is 141 Å². The highest BCUT2D eigenvalue weighted by Crippen LogP contribution is 2.22. The molecule has 1 unspecified atom stereocenters. The monoisotopic (exact) mass is 329 g/mol. The standard InChI is InChI=1S/C18H23N3O3/c1-18(2,3)15-11-14(20-21-15)17(24)19-13(9-10-16(22)23)12-7-5-4-6-8-12/h4-8,11,13H,9-10H2,1-3H3,(H,19,24)(H,20,21)(H,22,23). The second kappa shape index (κ2) is 7.29. The smallest absolute Gasteiger partial charge is 0.303 e. The van der Waals surface area contributed by atoms with E-state index < -0.39 is 5.97 Å². The summed E-state index contributed by atoms with van der Waals surface area (Å²) in [5.41, 5.74) is 1.91. The average molecular weight is 329 g/mol. The predicted molar refractivity (Wildman–Crippen MR) is 90.8 cm³/mol. The molecule has 6 nitrogen and oxygen atoms in total. The minimum absolute atomic E-state index is 0.0202. The van der Waals surface area contributed by atoms with Gasteiger partial charge in [0.15, 0.2) is 0 Å². The maximum atomic E-state index is 12.5. The van der Waals surface area contributed by atoms with Gasteiger partial charge in [-0.1, -0.05) is 51.1 Å². The average Bonchev–Trinajstić information content (AvgIpc) is 3.02. The maximum Gasteiger partial charge on any atom is 0.303 e. The zero-order valence-corrected chi connectivity index (χ0v) is 14.2. The van der Waals surface area contributed by atoms with E-state index in [4.69, 9.17) is 5.11 Å². The number of hydrogen-bond acceptors (Lipinski definition) is 3. The van der Waals surface area contributed by atoms with Crippen molar-refractivity contribution < 1.29 is 14.7 Å². The van der Waals surface area contributed by atoms with E-state index in [1.807, 2.05) is 51.1 Å². The number of nitrogens with one attached hydrogen (secondary N) is 2. The van der Waals surface area contributed by atoms with Crippen LogP contribution >= 0.6 is 0 Å². The van der Waals surface area contributed by atoms with Crippen molar-refractivity contribution in [1.29, 1.82) is 0 Å². The number of aromatic amines is 1. The zero-order chi connectivity index (χ0) is 17.7. The summed E-state index contributed by atoms with van der Waals surface area (Å²) in [7, 11) is 0. The fraction of sp³-hybridized carbons (Fsp3) is 0.389. The van der Waals surface area contributed by atoms with E-state index in [1.165, 1.54) is 0 Å². The van der Waals surface area contributed by atoms with Crippen molar-refractivity contribution in [2.75, 3.05) is 0 Å². The number of rotatable bonds is 6. The van der Waals surface area contributed by atoms with Gasteiger partial charge in [-0.2, -0.15) is 5.10 Å². The molecule has 0 fully saturated rings. The number of aliphatic carboxylic acids is 1. The number of H-pyrrole nitrogens is 1. The van der Waals surface area contributed by atoms with E-state index >= 15 is 0 Å². The number of nitrogens with zero attached hydrogens (tertiary/aromatic N) is 1. The number of hydrogen-bond donors (Lipinski definition) is 3. The fourth-order valence-electron chi connectivity index (χ4n) is 2.33. The molecule has 2 rings (SSSR count). The number of benzene rings is 1. The molecule has 0 aliphatic rings. The Hall–Kier alpha value is -2.63. The van der Waals surface area contributed by atoms with Crippen LogP contribution < -0.4 is 5.32 Å². The van der Waals surface area contributed by atoms with Gasteiger partial charge in [0.05, 0.1) is 6.04 Å². The maximum absolute atomic E-state index is 12.5. The highest BCUT2D eigenvalue weighted by molar-refractivity contribution is 5.92. The van der Waals surface area contributed by atoms with Gasteiger partial charge in [0, 0.05) is 17.5 Å². The number of carbonyl (C=O) groups excluding carboxylic acids is 1. The first-order valence-electron chi connectivity index (χ1n) is 7.91. The predicted octanol–water partition coefficient (Wildman–Crippen LogP) is 3.04. The molecule has 1 atom stereocenters. The number of carbonyl (C=O) groups is 2. The van der Waals surface area contributed by atoms with Crippen LogP contribution in [0.1, 0.15) is 61.4 Å². The summed E-state index contributed by atoms with van der Waals surface area (Å²) in [5, 5.41) is 18.8. The summed E-state index contributed by atoms with van der Waals surface area (Å²) in [6.45, 7) is 6.09. The number of carboxylic acids is 1. The molecule has 24 heavy (non-hydrogen) atoms. The van der Waals surface area contributed by atoms with Crippen molar-refractivity contribution in [3.05, 3.63) is 53.3 Å².